The van der Waals surface area contributed by atoms with Gasteiger partial charge in [-0.05, 0) is 6.07 Å². The standard InChI is InChI=1S/C15H17N7O/c1-23-15-10-14(16-11-17-15)21-8-6-20(7-9-21)12-3-5-22-13(19-12)2-4-18-22/h2-5,10-11H,6-9H2,1H3. The number of hydrogen-bond acceptors (Lipinski definition) is 7. The lowest BCUT2D eigenvalue weighted by atomic mass is 10.3. The number of ether oxygens (including phenoxy) is 1. The van der Waals surface area contributed by atoms with Crippen LogP contribution in [0.2, 0.25) is 0 Å². The topological polar surface area (TPSA) is 71.7 Å². The highest BCUT2D eigenvalue weighted by atomic mass is 16.5. The number of piperazine rings is 1. The Morgan fingerprint density at radius 2 is 1.78 bits per heavy atom. The molecule has 0 saturated carbocycles. The average Bonchev–Trinajstić information content (AvgIpc) is 3.09. The maximum absolute atomic E-state index is 5.16. The van der Waals surface area contributed by atoms with E-state index in [1.165, 1.54) is 6.33 Å². The zero-order chi connectivity index (χ0) is 15.6. The summed E-state index contributed by atoms with van der Waals surface area (Å²) >= 11 is 0. The first-order valence-electron chi connectivity index (χ1n) is 7.50. The highest BCUT2D eigenvalue weighted by molar-refractivity contribution is 5.49. The van der Waals surface area contributed by atoms with E-state index in [2.05, 4.69) is 29.9 Å². The molecule has 4 rings (SSSR count). The molecule has 8 heteroatoms. The summed E-state index contributed by atoms with van der Waals surface area (Å²) in [6.07, 6.45) is 5.24. The molecule has 0 aliphatic carbocycles. The lowest BCUT2D eigenvalue weighted by Gasteiger charge is -2.36. The largest absolute Gasteiger partial charge is 0.481 e. The maximum Gasteiger partial charge on any atom is 0.218 e. The molecule has 0 unspecified atom stereocenters. The molecule has 3 aromatic rings. The van der Waals surface area contributed by atoms with Gasteiger partial charge in [-0.3, -0.25) is 0 Å². The number of anilines is 2. The van der Waals surface area contributed by atoms with Crippen molar-refractivity contribution >= 4 is 17.3 Å². The van der Waals surface area contributed by atoms with Gasteiger partial charge in [0.15, 0.2) is 5.65 Å². The summed E-state index contributed by atoms with van der Waals surface area (Å²) in [5.41, 5.74) is 0.866. The van der Waals surface area contributed by atoms with Crippen LogP contribution in [0.1, 0.15) is 0 Å². The second-order valence-electron chi connectivity index (χ2n) is 5.31. The van der Waals surface area contributed by atoms with Crippen molar-refractivity contribution in [1.82, 2.24) is 24.6 Å². The van der Waals surface area contributed by atoms with Crippen molar-refractivity contribution in [3.05, 3.63) is 36.9 Å². The smallest absolute Gasteiger partial charge is 0.218 e. The fraction of sp³-hybridized carbons (Fsp3) is 0.333. The van der Waals surface area contributed by atoms with Crippen LogP contribution in [0, 0.1) is 0 Å². The summed E-state index contributed by atoms with van der Waals surface area (Å²) in [5.74, 6) is 2.47. The number of methoxy groups -OCH3 is 1. The molecular formula is C15H17N7O. The Labute approximate surface area is 133 Å². The predicted molar refractivity (Wildman–Crippen MR) is 86.0 cm³/mol. The summed E-state index contributed by atoms with van der Waals surface area (Å²) < 4.78 is 6.93. The first-order chi connectivity index (χ1) is 11.3. The molecule has 1 aliphatic rings. The normalized spacial score (nSPS) is 15.2. The van der Waals surface area contributed by atoms with E-state index in [-0.39, 0.29) is 0 Å². The summed E-state index contributed by atoms with van der Waals surface area (Å²) in [4.78, 5) is 17.5. The molecule has 8 nitrogen and oxygen atoms in total. The van der Waals surface area contributed by atoms with Crippen molar-refractivity contribution in [3.63, 3.8) is 0 Å². The molecule has 0 aromatic carbocycles. The van der Waals surface area contributed by atoms with Crippen molar-refractivity contribution in [2.24, 2.45) is 0 Å². The minimum Gasteiger partial charge on any atom is -0.481 e. The van der Waals surface area contributed by atoms with E-state index in [0.29, 0.717) is 5.88 Å². The van der Waals surface area contributed by atoms with Crippen LogP contribution in [0.3, 0.4) is 0 Å². The fourth-order valence-corrected chi connectivity index (χ4v) is 2.76. The van der Waals surface area contributed by atoms with E-state index in [1.54, 1.807) is 17.8 Å². The minimum absolute atomic E-state index is 0.588. The average molecular weight is 311 g/mol. The summed E-state index contributed by atoms with van der Waals surface area (Å²) in [5, 5.41) is 4.17. The number of fused-ring (bicyclic) bond motifs is 1. The van der Waals surface area contributed by atoms with Crippen LogP contribution in [-0.2, 0) is 0 Å². The third-order valence-electron chi connectivity index (χ3n) is 4.01. The minimum atomic E-state index is 0.588. The Bertz CT molecular complexity index is 810. The maximum atomic E-state index is 5.16. The monoisotopic (exact) mass is 311 g/mol. The van der Waals surface area contributed by atoms with Gasteiger partial charge in [-0.1, -0.05) is 0 Å². The first kappa shape index (κ1) is 13.7. The first-order valence-corrected chi connectivity index (χ1v) is 7.50. The van der Waals surface area contributed by atoms with E-state index < -0.39 is 0 Å². The van der Waals surface area contributed by atoms with Gasteiger partial charge in [0.1, 0.15) is 18.0 Å². The van der Waals surface area contributed by atoms with Gasteiger partial charge in [0.25, 0.3) is 0 Å². The van der Waals surface area contributed by atoms with Crippen LogP contribution in [-0.4, -0.2) is 57.9 Å². The van der Waals surface area contributed by atoms with Crippen molar-refractivity contribution in [2.45, 2.75) is 0 Å². The SMILES string of the molecule is COc1cc(N2CCN(c3ccn4nccc4n3)CC2)ncn1. The van der Waals surface area contributed by atoms with Gasteiger partial charge in [0, 0.05) is 44.5 Å². The van der Waals surface area contributed by atoms with Gasteiger partial charge in [-0.15, -0.1) is 0 Å². The van der Waals surface area contributed by atoms with Gasteiger partial charge in [-0.2, -0.15) is 5.10 Å². The van der Waals surface area contributed by atoms with Gasteiger partial charge in [0.05, 0.1) is 13.3 Å². The summed E-state index contributed by atoms with van der Waals surface area (Å²) in [6.45, 7) is 3.55. The van der Waals surface area contributed by atoms with E-state index in [4.69, 9.17) is 4.74 Å². The Balaban J connectivity index is 1.47. The van der Waals surface area contributed by atoms with Crippen LogP contribution < -0.4 is 14.5 Å². The van der Waals surface area contributed by atoms with Crippen molar-refractivity contribution < 1.29 is 4.74 Å². The third-order valence-corrected chi connectivity index (χ3v) is 4.01. The number of nitrogens with zero attached hydrogens (tertiary/aromatic N) is 7. The molecule has 1 aliphatic heterocycles. The molecule has 3 aromatic heterocycles. The fourth-order valence-electron chi connectivity index (χ4n) is 2.76. The predicted octanol–water partition coefficient (Wildman–Crippen LogP) is 0.854. The van der Waals surface area contributed by atoms with Gasteiger partial charge in [0.2, 0.25) is 5.88 Å². The van der Waals surface area contributed by atoms with Crippen molar-refractivity contribution in [2.75, 3.05) is 43.1 Å². The molecular weight excluding hydrogens is 294 g/mol. The quantitative estimate of drug-likeness (QED) is 0.710. The van der Waals surface area contributed by atoms with E-state index in [0.717, 1.165) is 43.5 Å². The van der Waals surface area contributed by atoms with Crippen LogP contribution in [0.4, 0.5) is 11.6 Å². The summed E-state index contributed by atoms with van der Waals surface area (Å²) in [7, 11) is 1.61. The highest BCUT2D eigenvalue weighted by Crippen LogP contribution is 2.20. The summed E-state index contributed by atoms with van der Waals surface area (Å²) in [6, 6.07) is 5.78. The van der Waals surface area contributed by atoms with Crippen LogP contribution in [0.15, 0.2) is 36.9 Å². The Kier molecular flexibility index (Phi) is 3.41. The van der Waals surface area contributed by atoms with Gasteiger partial charge >= 0.3 is 0 Å². The zero-order valence-corrected chi connectivity index (χ0v) is 12.8. The highest BCUT2D eigenvalue weighted by Gasteiger charge is 2.20. The number of aromatic nitrogens is 5. The molecule has 23 heavy (non-hydrogen) atoms. The molecule has 1 fully saturated rings. The van der Waals surface area contributed by atoms with Crippen LogP contribution in [0.25, 0.3) is 5.65 Å². The Morgan fingerprint density at radius 1 is 1.00 bits per heavy atom. The van der Waals surface area contributed by atoms with E-state index in [1.807, 2.05) is 24.4 Å². The number of hydrogen-bond donors (Lipinski definition) is 0. The van der Waals surface area contributed by atoms with Crippen molar-refractivity contribution in [1.29, 1.82) is 0 Å². The number of rotatable bonds is 3. The third kappa shape index (κ3) is 2.63. The van der Waals surface area contributed by atoms with Gasteiger partial charge < -0.3 is 14.5 Å². The molecule has 0 atom stereocenters. The lowest BCUT2D eigenvalue weighted by Crippen LogP contribution is -2.47. The molecule has 1 saturated heterocycles. The van der Waals surface area contributed by atoms with E-state index >= 15 is 0 Å². The molecule has 0 bridgehead atoms. The Morgan fingerprint density at radius 3 is 2.57 bits per heavy atom. The second-order valence-corrected chi connectivity index (χ2v) is 5.31. The molecule has 4 heterocycles. The molecule has 0 N–H and O–H groups in total. The van der Waals surface area contributed by atoms with Gasteiger partial charge in [-0.25, -0.2) is 19.5 Å². The van der Waals surface area contributed by atoms with Crippen LogP contribution in [0.5, 0.6) is 5.88 Å². The van der Waals surface area contributed by atoms with Crippen molar-refractivity contribution in [3.8, 4) is 5.88 Å². The molecule has 118 valence electrons. The Hall–Kier alpha value is -2.90. The molecule has 0 radical (unpaired) electrons. The second kappa shape index (κ2) is 5.71. The van der Waals surface area contributed by atoms with Crippen LogP contribution >= 0.6 is 0 Å². The van der Waals surface area contributed by atoms with E-state index in [9.17, 15) is 0 Å². The molecule has 0 spiro atoms. The lowest BCUT2D eigenvalue weighted by molar-refractivity contribution is 0.396. The molecule has 0 amide bonds. The zero-order valence-electron chi connectivity index (χ0n) is 12.8.